The van der Waals surface area contributed by atoms with Gasteiger partial charge in [0.05, 0.1) is 5.41 Å². The number of hydrogen-bond donors (Lipinski definition) is 1. The average Bonchev–Trinajstić information content (AvgIpc) is 2.98. The van der Waals surface area contributed by atoms with Gasteiger partial charge in [-0.15, -0.1) is 0 Å². The molecule has 0 unspecified atom stereocenters. The maximum atomic E-state index is 13.6. The van der Waals surface area contributed by atoms with Gasteiger partial charge >= 0.3 is 0 Å². The smallest absolute Gasteiger partial charge is 0.232 e. The molecule has 0 radical (unpaired) electrons. The summed E-state index contributed by atoms with van der Waals surface area (Å²) in [7, 11) is 0. The Balaban J connectivity index is 1.89. The first-order valence-corrected chi connectivity index (χ1v) is 7.69. The molecule has 2 amide bonds. The highest BCUT2D eigenvalue weighted by Crippen LogP contribution is 2.32. The van der Waals surface area contributed by atoms with E-state index in [1.54, 1.807) is 22.1 Å². The molecule has 1 aromatic carbocycles. The van der Waals surface area contributed by atoms with Crippen molar-refractivity contribution in [2.75, 3.05) is 26.2 Å². The van der Waals surface area contributed by atoms with E-state index in [2.05, 4.69) is 4.98 Å². The number of carbonyl (C=O) groups excluding carboxylic acids is 2. The lowest BCUT2D eigenvalue weighted by Gasteiger charge is -2.37. The Labute approximate surface area is 134 Å². The number of benzene rings is 1. The zero-order chi connectivity index (χ0) is 16.6. The Morgan fingerprint density at radius 1 is 1.26 bits per heavy atom. The van der Waals surface area contributed by atoms with Crippen LogP contribution < -0.4 is 0 Å². The van der Waals surface area contributed by atoms with Gasteiger partial charge in [0.15, 0.2) is 0 Å². The normalized spacial score (nSPS) is 16.0. The summed E-state index contributed by atoms with van der Waals surface area (Å²) < 4.78 is 13.6. The van der Waals surface area contributed by atoms with Crippen LogP contribution in [0.5, 0.6) is 0 Å². The second kappa shape index (κ2) is 5.68. The molecule has 1 saturated heterocycles. The highest BCUT2D eigenvalue weighted by atomic mass is 19.1. The second-order valence-electron chi connectivity index (χ2n) is 6.45. The number of halogens is 1. The largest absolute Gasteiger partial charge is 0.361 e. The number of rotatable bonds is 3. The van der Waals surface area contributed by atoms with Crippen LogP contribution in [0.1, 0.15) is 19.4 Å². The molecule has 0 atom stereocenters. The van der Waals surface area contributed by atoms with Crippen molar-refractivity contribution in [3.8, 4) is 0 Å². The third kappa shape index (κ3) is 2.69. The monoisotopic (exact) mass is 317 g/mol. The van der Waals surface area contributed by atoms with Gasteiger partial charge in [0, 0.05) is 43.3 Å². The number of aromatic nitrogens is 1. The third-order valence-corrected chi connectivity index (χ3v) is 4.60. The van der Waals surface area contributed by atoms with Crippen molar-refractivity contribution in [3.63, 3.8) is 0 Å². The molecule has 0 spiro atoms. The lowest BCUT2D eigenvalue weighted by Crippen LogP contribution is -2.52. The van der Waals surface area contributed by atoms with E-state index in [1.165, 1.54) is 12.1 Å². The molecule has 1 N–H and O–H groups in total. The van der Waals surface area contributed by atoms with Gasteiger partial charge < -0.3 is 14.8 Å². The highest BCUT2D eigenvalue weighted by Gasteiger charge is 2.36. The highest BCUT2D eigenvalue weighted by molar-refractivity contribution is 5.94. The Morgan fingerprint density at radius 3 is 2.61 bits per heavy atom. The van der Waals surface area contributed by atoms with Gasteiger partial charge in [-0.25, -0.2) is 4.39 Å². The molecule has 2 aromatic rings. The van der Waals surface area contributed by atoms with Crippen LogP contribution in [0, 0.1) is 5.82 Å². The van der Waals surface area contributed by atoms with Crippen LogP contribution in [0.4, 0.5) is 4.39 Å². The minimum Gasteiger partial charge on any atom is -0.361 e. The molecule has 0 saturated carbocycles. The van der Waals surface area contributed by atoms with Crippen LogP contribution >= 0.6 is 0 Å². The molecule has 2 heterocycles. The average molecular weight is 317 g/mol. The van der Waals surface area contributed by atoms with Crippen LogP contribution in [0.25, 0.3) is 10.9 Å². The third-order valence-electron chi connectivity index (χ3n) is 4.60. The maximum absolute atomic E-state index is 13.6. The van der Waals surface area contributed by atoms with Crippen LogP contribution in [0.2, 0.25) is 0 Å². The number of amides is 2. The van der Waals surface area contributed by atoms with Gasteiger partial charge in [-0.3, -0.25) is 9.59 Å². The maximum Gasteiger partial charge on any atom is 0.232 e. The van der Waals surface area contributed by atoms with E-state index in [1.807, 2.05) is 13.8 Å². The van der Waals surface area contributed by atoms with Crippen molar-refractivity contribution >= 4 is 23.2 Å². The van der Waals surface area contributed by atoms with Crippen molar-refractivity contribution in [1.29, 1.82) is 0 Å². The van der Waals surface area contributed by atoms with E-state index in [9.17, 15) is 14.0 Å². The summed E-state index contributed by atoms with van der Waals surface area (Å²) in [4.78, 5) is 30.3. The molecule has 0 aliphatic carbocycles. The van der Waals surface area contributed by atoms with E-state index in [0.717, 1.165) is 22.9 Å². The summed E-state index contributed by atoms with van der Waals surface area (Å²) >= 11 is 0. The number of aromatic amines is 1. The Kier molecular flexibility index (Phi) is 3.83. The molecule has 3 rings (SSSR count). The number of carbonyl (C=O) groups is 2. The summed E-state index contributed by atoms with van der Waals surface area (Å²) in [6, 6.07) is 4.54. The molecule has 1 fully saturated rings. The fourth-order valence-corrected chi connectivity index (χ4v) is 3.15. The van der Waals surface area contributed by atoms with E-state index >= 15 is 0 Å². The summed E-state index contributed by atoms with van der Waals surface area (Å²) in [6.07, 6.45) is 2.60. The number of H-pyrrole nitrogens is 1. The number of fused-ring (bicyclic) bond motifs is 1. The Hall–Kier alpha value is -2.37. The molecular formula is C17H20FN3O2. The van der Waals surface area contributed by atoms with E-state index < -0.39 is 5.41 Å². The first-order chi connectivity index (χ1) is 10.9. The molecular weight excluding hydrogens is 297 g/mol. The molecule has 1 aromatic heterocycles. The number of piperazine rings is 1. The molecule has 122 valence electrons. The van der Waals surface area contributed by atoms with Gasteiger partial charge in [0.2, 0.25) is 12.3 Å². The standard InChI is InChI=1S/C17H20FN3O2/c1-17(2,16(23)21-7-5-20(11-22)6-8-21)14-10-19-15-4-3-12(18)9-13(14)15/h3-4,9-11,19H,5-8H2,1-2H3. The van der Waals surface area contributed by atoms with Crippen molar-refractivity contribution < 1.29 is 14.0 Å². The number of nitrogens with one attached hydrogen (secondary N) is 1. The van der Waals surface area contributed by atoms with Crippen molar-refractivity contribution in [3.05, 3.63) is 35.8 Å². The topological polar surface area (TPSA) is 56.4 Å². The Morgan fingerprint density at radius 2 is 1.96 bits per heavy atom. The summed E-state index contributed by atoms with van der Waals surface area (Å²) in [6.45, 7) is 5.86. The van der Waals surface area contributed by atoms with Crippen LogP contribution in [-0.2, 0) is 15.0 Å². The van der Waals surface area contributed by atoms with Gasteiger partial charge in [0.1, 0.15) is 5.82 Å². The second-order valence-corrected chi connectivity index (χ2v) is 6.45. The van der Waals surface area contributed by atoms with Gasteiger partial charge in [0.25, 0.3) is 0 Å². The summed E-state index contributed by atoms with van der Waals surface area (Å²) in [5.74, 6) is -0.325. The zero-order valence-corrected chi connectivity index (χ0v) is 13.3. The molecule has 6 heteroatoms. The number of hydrogen-bond acceptors (Lipinski definition) is 2. The quantitative estimate of drug-likeness (QED) is 0.879. The summed E-state index contributed by atoms with van der Waals surface area (Å²) in [5.41, 5.74) is 0.831. The van der Waals surface area contributed by atoms with Gasteiger partial charge in [-0.2, -0.15) is 0 Å². The van der Waals surface area contributed by atoms with Crippen molar-refractivity contribution in [1.82, 2.24) is 14.8 Å². The fourth-order valence-electron chi connectivity index (χ4n) is 3.15. The molecule has 23 heavy (non-hydrogen) atoms. The van der Waals surface area contributed by atoms with E-state index in [4.69, 9.17) is 0 Å². The fraction of sp³-hybridized carbons (Fsp3) is 0.412. The Bertz CT molecular complexity index is 745. The van der Waals surface area contributed by atoms with E-state index in [-0.39, 0.29) is 11.7 Å². The van der Waals surface area contributed by atoms with Crippen LogP contribution in [0.15, 0.2) is 24.4 Å². The first kappa shape index (κ1) is 15.5. The van der Waals surface area contributed by atoms with Gasteiger partial charge in [-0.1, -0.05) is 0 Å². The molecule has 0 bridgehead atoms. The van der Waals surface area contributed by atoms with Crippen LogP contribution in [-0.4, -0.2) is 53.3 Å². The lowest BCUT2D eigenvalue weighted by atomic mass is 9.82. The molecule has 5 nitrogen and oxygen atoms in total. The first-order valence-electron chi connectivity index (χ1n) is 7.69. The predicted molar refractivity (Wildman–Crippen MR) is 85.5 cm³/mol. The van der Waals surface area contributed by atoms with Gasteiger partial charge in [-0.05, 0) is 37.6 Å². The van der Waals surface area contributed by atoms with Crippen molar-refractivity contribution in [2.45, 2.75) is 19.3 Å². The number of nitrogens with zero attached hydrogens (tertiary/aromatic N) is 2. The lowest BCUT2D eigenvalue weighted by molar-refractivity contribution is -0.139. The summed E-state index contributed by atoms with van der Waals surface area (Å²) in [5, 5.41) is 0.731. The molecule has 1 aliphatic heterocycles. The van der Waals surface area contributed by atoms with Crippen molar-refractivity contribution in [2.24, 2.45) is 0 Å². The predicted octanol–water partition coefficient (Wildman–Crippen LogP) is 1.89. The minimum absolute atomic E-state index is 0.00629. The zero-order valence-electron chi connectivity index (χ0n) is 13.3. The SMILES string of the molecule is CC(C)(C(=O)N1CCN(C=O)CC1)c1c[nH]c2ccc(F)cc12. The van der Waals surface area contributed by atoms with E-state index in [0.29, 0.717) is 26.2 Å². The minimum atomic E-state index is -0.768. The molecule has 1 aliphatic rings. The van der Waals surface area contributed by atoms with Crippen LogP contribution in [0.3, 0.4) is 0 Å².